The summed E-state index contributed by atoms with van der Waals surface area (Å²) >= 11 is 0. The zero-order chi connectivity index (χ0) is 12.4. The number of rotatable bonds is 10. The molecule has 3 aliphatic carbocycles. The number of hydrogen-bond acceptors (Lipinski definition) is 2. The Morgan fingerprint density at radius 1 is 1.00 bits per heavy atom. The second kappa shape index (κ2) is 5.92. The van der Waals surface area contributed by atoms with E-state index in [1.807, 2.05) is 0 Å². The van der Waals surface area contributed by atoms with E-state index in [0.29, 0.717) is 0 Å². The third-order valence-electron chi connectivity index (χ3n) is 4.74. The van der Waals surface area contributed by atoms with E-state index in [4.69, 9.17) is 0 Å². The molecule has 0 heterocycles. The van der Waals surface area contributed by atoms with Gasteiger partial charge in [-0.2, -0.15) is 0 Å². The molecule has 104 valence electrons. The summed E-state index contributed by atoms with van der Waals surface area (Å²) in [7, 11) is 0. The number of nitrogens with one attached hydrogen (secondary N) is 1. The smallest absolute Gasteiger partial charge is 0.0220 e. The lowest BCUT2D eigenvalue weighted by Crippen LogP contribution is -2.44. The fraction of sp³-hybridized carbons (Fsp3) is 1.00. The molecule has 0 aromatic carbocycles. The van der Waals surface area contributed by atoms with E-state index in [1.54, 1.807) is 0 Å². The maximum Gasteiger partial charge on any atom is 0.0220 e. The summed E-state index contributed by atoms with van der Waals surface area (Å²) in [5, 5.41) is 3.77. The first-order valence-corrected chi connectivity index (χ1v) is 8.32. The second-order valence-corrected chi connectivity index (χ2v) is 6.97. The molecule has 0 amide bonds. The van der Waals surface area contributed by atoms with Gasteiger partial charge in [0.1, 0.15) is 0 Å². The molecule has 1 unspecified atom stereocenters. The average Bonchev–Trinajstić information content (AvgIpc) is 3.22. The van der Waals surface area contributed by atoms with Gasteiger partial charge >= 0.3 is 0 Å². The van der Waals surface area contributed by atoms with Gasteiger partial charge in [-0.15, -0.1) is 0 Å². The summed E-state index contributed by atoms with van der Waals surface area (Å²) in [6.45, 7) is 6.38. The Hall–Kier alpha value is -0.0800. The Bertz CT molecular complexity index is 240. The van der Waals surface area contributed by atoms with Crippen molar-refractivity contribution in [2.24, 2.45) is 11.8 Å². The van der Waals surface area contributed by atoms with E-state index >= 15 is 0 Å². The Kier molecular flexibility index (Phi) is 4.25. The van der Waals surface area contributed by atoms with Crippen LogP contribution in [0.1, 0.15) is 58.3 Å². The van der Waals surface area contributed by atoms with Crippen LogP contribution in [0.2, 0.25) is 0 Å². The predicted octanol–water partition coefficient (Wildman–Crippen LogP) is 3.03. The van der Waals surface area contributed by atoms with Crippen molar-refractivity contribution in [3.05, 3.63) is 0 Å². The largest absolute Gasteiger partial charge is 0.312 e. The van der Waals surface area contributed by atoms with Crippen molar-refractivity contribution >= 4 is 0 Å². The van der Waals surface area contributed by atoms with E-state index in [-0.39, 0.29) is 0 Å². The first-order chi connectivity index (χ1) is 8.85. The third kappa shape index (κ3) is 4.24. The zero-order valence-electron chi connectivity index (χ0n) is 12.0. The molecule has 3 aliphatic rings. The summed E-state index contributed by atoms with van der Waals surface area (Å²) in [4.78, 5) is 2.86. The predicted molar refractivity (Wildman–Crippen MR) is 76.7 cm³/mol. The third-order valence-corrected chi connectivity index (χ3v) is 4.74. The number of hydrogen-bond donors (Lipinski definition) is 1. The summed E-state index contributed by atoms with van der Waals surface area (Å²) in [6, 6.07) is 1.69. The maximum atomic E-state index is 3.77. The van der Waals surface area contributed by atoms with Gasteiger partial charge < -0.3 is 5.32 Å². The highest BCUT2D eigenvalue weighted by Gasteiger charge is 2.32. The Morgan fingerprint density at radius 3 is 2.06 bits per heavy atom. The summed E-state index contributed by atoms with van der Waals surface area (Å²) in [5.74, 6) is 2.09. The van der Waals surface area contributed by atoms with Crippen LogP contribution in [0.25, 0.3) is 0 Å². The lowest BCUT2D eigenvalue weighted by atomic mass is 10.1. The van der Waals surface area contributed by atoms with Gasteiger partial charge in [-0.25, -0.2) is 0 Å². The highest BCUT2D eigenvalue weighted by molar-refractivity contribution is 4.88. The molecule has 0 aromatic heterocycles. The standard InChI is InChI=1S/C16H30N2/c1-2-3-16(10-17-15-8-9-15)18(11-13-4-5-13)12-14-6-7-14/h13-17H,2-12H2,1H3. The van der Waals surface area contributed by atoms with Crippen molar-refractivity contribution in [1.29, 1.82) is 0 Å². The van der Waals surface area contributed by atoms with Crippen LogP contribution in [0.15, 0.2) is 0 Å². The SMILES string of the molecule is CCCC(CNC1CC1)N(CC1CC1)CC1CC1. The minimum Gasteiger partial charge on any atom is -0.312 e. The van der Waals surface area contributed by atoms with Gasteiger partial charge in [0.25, 0.3) is 0 Å². The molecule has 3 saturated carbocycles. The molecule has 0 radical (unpaired) electrons. The van der Waals surface area contributed by atoms with E-state index in [0.717, 1.165) is 23.9 Å². The summed E-state index contributed by atoms with van der Waals surface area (Å²) in [5.41, 5.74) is 0. The van der Waals surface area contributed by atoms with Crippen LogP contribution in [-0.4, -0.2) is 36.6 Å². The van der Waals surface area contributed by atoms with Crippen molar-refractivity contribution in [2.45, 2.75) is 70.4 Å². The minimum atomic E-state index is 0.816. The molecule has 3 rings (SSSR count). The maximum absolute atomic E-state index is 3.77. The van der Waals surface area contributed by atoms with E-state index in [2.05, 4.69) is 17.1 Å². The highest BCUT2D eigenvalue weighted by atomic mass is 15.2. The van der Waals surface area contributed by atoms with Gasteiger partial charge in [0.05, 0.1) is 0 Å². The molecule has 0 spiro atoms. The van der Waals surface area contributed by atoms with Crippen molar-refractivity contribution in [3.8, 4) is 0 Å². The lowest BCUT2D eigenvalue weighted by molar-refractivity contribution is 0.166. The molecule has 1 atom stereocenters. The molecule has 2 nitrogen and oxygen atoms in total. The van der Waals surface area contributed by atoms with Gasteiger partial charge in [-0.3, -0.25) is 4.90 Å². The lowest BCUT2D eigenvalue weighted by Gasteiger charge is -2.32. The Labute approximate surface area is 113 Å². The fourth-order valence-electron chi connectivity index (χ4n) is 2.97. The van der Waals surface area contributed by atoms with Crippen molar-refractivity contribution < 1.29 is 0 Å². The topological polar surface area (TPSA) is 15.3 Å². The quantitative estimate of drug-likeness (QED) is 0.641. The van der Waals surface area contributed by atoms with Crippen LogP contribution in [0, 0.1) is 11.8 Å². The van der Waals surface area contributed by atoms with Crippen molar-refractivity contribution in [1.82, 2.24) is 10.2 Å². The van der Waals surface area contributed by atoms with Crippen molar-refractivity contribution in [2.75, 3.05) is 19.6 Å². The molecular formula is C16H30N2. The molecule has 0 bridgehead atoms. The molecule has 0 aromatic rings. The first kappa shape index (κ1) is 12.9. The van der Waals surface area contributed by atoms with E-state index in [1.165, 1.54) is 71.0 Å². The van der Waals surface area contributed by atoms with Crippen molar-refractivity contribution in [3.63, 3.8) is 0 Å². The summed E-state index contributed by atoms with van der Waals surface area (Å²) < 4.78 is 0. The van der Waals surface area contributed by atoms with Gasteiger partial charge in [0.2, 0.25) is 0 Å². The molecule has 0 saturated heterocycles. The fourth-order valence-corrected chi connectivity index (χ4v) is 2.97. The summed E-state index contributed by atoms with van der Waals surface area (Å²) in [6.07, 6.45) is 11.6. The van der Waals surface area contributed by atoms with Gasteiger partial charge in [-0.1, -0.05) is 13.3 Å². The monoisotopic (exact) mass is 250 g/mol. The average molecular weight is 250 g/mol. The van der Waals surface area contributed by atoms with Gasteiger partial charge in [0.15, 0.2) is 0 Å². The van der Waals surface area contributed by atoms with Crippen LogP contribution < -0.4 is 5.32 Å². The van der Waals surface area contributed by atoms with Crippen LogP contribution in [0.4, 0.5) is 0 Å². The van der Waals surface area contributed by atoms with Crippen LogP contribution in [0.5, 0.6) is 0 Å². The Morgan fingerprint density at radius 2 is 1.61 bits per heavy atom. The zero-order valence-corrected chi connectivity index (χ0v) is 12.0. The highest BCUT2D eigenvalue weighted by Crippen LogP contribution is 2.35. The van der Waals surface area contributed by atoms with Gasteiger partial charge in [-0.05, 0) is 56.8 Å². The van der Waals surface area contributed by atoms with Gasteiger partial charge in [0, 0.05) is 31.7 Å². The minimum absolute atomic E-state index is 0.816. The molecule has 2 heteroatoms. The van der Waals surface area contributed by atoms with Crippen LogP contribution >= 0.6 is 0 Å². The normalized spacial score (nSPS) is 25.7. The molecule has 18 heavy (non-hydrogen) atoms. The van der Waals surface area contributed by atoms with Crippen LogP contribution in [-0.2, 0) is 0 Å². The number of nitrogens with zero attached hydrogens (tertiary/aromatic N) is 1. The van der Waals surface area contributed by atoms with E-state index < -0.39 is 0 Å². The Balaban J connectivity index is 1.50. The van der Waals surface area contributed by atoms with E-state index in [9.17, 15) is 0 Å². The molecular weight excluding hydrogens is 220 g/mol. The first-order valence-electron chi connectivity index (χ1n) is 8.32. The molecule has 1 N–H and O–H groups in total. The van der Waals surface area contributed by atoms with Crippen LogP contribution in [0.3, 0.4) is 0 Å². The molecule has 3 fully saturated rings. The second-order valence-electron chi connectivity index (χ2n) is 6.97. The molecule has 0 aliphatic heterocycles.